The van der Waals surface area contributed by atoms with E-state index in [-0.39, 0.29) is 22.8 Å². The van der Waals surface area contributed by atoms with Crippen molar-refractivity contribution in [3.63, 3.8) is 0 Å². The number of aromatic nitrogens is 2. The molecule has 2 saturated carbocycles. The fourth-order valence-electron chi connectivity index (χ4n) is 8.24. The average molecular weight is 484 g/mol. The van der Waals surface area contributed by atoms with Crippen LogP contribution in [0.15, 0.2) is 60.7 Å². The normalized spacial score (nSPS) is 35.0. The summed E-state index contributed by atoms with van der Waals surface area (Å²) in [6.07, 6.45) is 20.2. The molecule has 2 fully saturated rings. The van der Waals surface area contributed by atoms with E-state index in [0.717, 1.165) is 43.8 Å². The second-order valence-electron chi connectivity index (χ2n) is 11.8. The van der Waals surface area contributed by atoms with E-state index >= 15 is 0 Å². The van der Waals surface area contributed by atoms with E-state index in [1.165, 1.54) is 24.0 Å². The summed E-state index contributed by atoms with van der Waals surface area (Å²) >= 11 is 0. The molecule has 0 saturated heterocycles. The fourth-order valence-corrected chi connectivity index (χ4v) is 8.24. The van der Waals surface area contributed by atoms with Crippen LogP contribution in [-0.4, -0.2) is 29.0 Å². The highest BCUT2D eigenvalue weighted by molar-refractivity contribution is 5.94. The van der Waals surface area contributed by atoms with Gasteiger partial charge in [-0.2, -0.15) is 0 Å². The zero-order valence-corrected chi connectivity index (χ0v) is 21.7. The molecule has 5 heteroatoms. The molecule has 5 nitrogen and oxygen atoms in total. The number of fused-ring (bicyclic) bond motifs is 5. The molecule has 0 bridgehead atoms. The van der Waals surface area contributed by atoms with Gasteiger partial charge in [0.05, 0.1) is 18.9 Å². The number of allylic oxidation sites excluding steroid dienone is 3. The monoisotopic (exact) mass is 483 g/mol. The molecule has 0 unspecified atom stereocenters. The van der Waals surface area contributed by atoms with E-state index in [1.54, 1.807) is 31.3 Å². The molecule has 6 rings (SSSR count). The van der Waals surface area contributed by atoms with Crippen LogP contribution in [0.1, 0.15) is 74.7 Å². The van der Waals surface area contributed by atoms with Crippen molar-refractivity contribution in [2.75, 3.05) is 7.11 Å². The quantitative estimate of drug-likeness (QED) is 0.523. The predicted octanol–water partition coefficient (Wildman–Crippen LogP) is 6.24. The lowest BCUT2D eigenvalue weighted by Gasteiger charge is -2.58. The van der Waals surface area contributed by atoms with Crippen molar-refractivity contribution in [3.05, 3.63) is 71.8 Å². The van der Waals surface area contributed by atoms with Crippen molar-refractivity contribution < 1.29 is 9.53 Å². The molecule has 6 atom stereocenters. The van der Waals surface area contributed by atoms with E-state index in [9.17, 15) is 4.79 Å². The highest BCUT2D eigenvalue weighted by Crippen LogP contribution is 2.66. The molecule has 4 aliphatic rings. The predicted molar refractivity (Wildman–Crippen MR) is 141 cm³/mol. The van der Waals surface area contributed by atoms with Crippen LogP contribution < -0.4 is 10.1 Å². The Balaban J connectivity index is 1.20. The van der Waals surface area contributed by atoms with Crippen LogP contribution in [0.2, 0.25) is 0 Å². The summed E-state index contributed by atoms with van der Waals surface area (Å²) < 4.78 is 5.47. The van der Waals surface area contributed by atoms with Gasteiger partial charge in [-0.25, -0.2) is 0 Å². The Labute approximate surface area is 214 Å². The van der Waals surface area contributed by atoms with Crippen LogP contribution in [0.25, 0.3) is 5.57 Å². The highest BCUT2D eigenvalue weighted by Gasteiger charge is 2.56. The Morgan fingerprint density at radius 1 is 1.03 bits per heavy atom. The van der Waals surface area contributed by atoms with Gasteiger partial charge in [-0.15, -0.1) is 0 Å². The van der Waals surface area contributed by atoms with Gasteiger partial charge in [0.25, 0.3) is 5.91 Å². The number of rotatable bonds is 4. The Morgan fingerprint density at radius 2 is 1.89 bits per heavy atom. The Morgan fingerprint density at radius 3 is 2.69 bits per heavy atom. The number of hydrogen-bond acceptors (Lipinski definition) is 4. The molecule has 36 heavy (non-hydrogen) atoms. The first-order valence-corrected chi connectivity index (χ1v) is 13.5. The highest BCUT2D eigenvalue weighted by atomic mass is 16.5. The molecule has 2 heterocycles. The molecular formula is C31H37N3O2. The topological polar surface area (TPSA) is 64.1 Å². The maximum absolute atomic E-state index is 12.7. The van der Waals surface area contributed by atoms with Crippen molar-refractivity contribution in [2.45, 2.75) is 64.8 Å². The Hall–Kier alpha value is -2.95. The molecular weight excluding hydrogens is 446 g/mol. The van der Waals surface area contributed by atoms with Gasteiger partial charge in [0.1, 0.15) is 5.75 Å². The van der Waals surface area contributed by atoms with Crippen molar-refractivity contribution in [1.82, 2.24) is 15.3 Å². The molecule has 4 aliphatic carbocycles. The smallest absolute Gasteiger partial charge is 0.253 e. The number of methoxy groups -OCH3 is 1. The summed E-state index contributed by atoms with van der Waals surface area (Å²) in [6.45, 7) is 5.02. The molecule has 0 spiro atoms. The van der Waals surface area contributed by atoms with Gasteiger partial charge < -0.3 is 10.1 Å². The van der Waals surface area contributed by atoms with E-state index in [1.807, 2.05) is 18.3 Å². The van der Waals surface area contributed by atoms with Crippen molar-refractivity contribution >= 4 is 11.5 Å². The SMILES string of the molecule is COc1cncc(C2=CC[C@H]3[C@@H]4CC=C5C[C@@H](NC(=O)c6cccnc6)CC[C@]5(C)[C@H]4CC[C@]23C)c1. The third-order valence-corrected chi connectivity index (χ3v) is 10.2. The molecule has 1 N–H and O–H groups in total. The number of ether oxygens (including phenoxy) is 1. The first kappa shape index (κ1) is 23.4. The summed E-state index contributed by atoms with van der Waals surface area (Å²) in [6, 6.07) is 6.02. The first-order chi connectivity index (χ1) is 17.4. The van der Waals surface area contributed by atoms with Crippen LogP contribution in [0, 0.1) is 28.6 Å². The van der Waals surface area contributed by atoms with E-state index < -0.39 is 0 Å². The third kappa shape index (κ3) is 3.70. The number of nitrogens with one attached hydrogen (secondary N) is 1. The maximum Gasteiger partial charge on any atom is 0.253 e. The second kappa shape index (κ2) is 8.86. The van der Waals surface area contributed by atoms with Crippen molar-refractivity contribution in [2.24, 2.45) is 28.6 Å². The minimum atomic E-state index is -0.00369. The first-order valence-electron chi connectivity index (χ1n) is 13.5. The molecule has 0 radical (unpaired) electrons. The molecule has 2 aromatic heterocycles. The molecule has 1 amide bonds. The third-order valence-electron chi connectivity index (χ3n) is 10.2. The number of carbonyl (C=O) groups is 1. The molecule has 0 aliphatic heterocycles. The molecule has 0 aromatic carbocycles. The largest absolute Gasteiger partial charge is 0.495 e. The average Bonchev–Trinajstić information content (AvgIpc) is 3.26. The van der Waals surface area contributed by atoms with Crippen LogP contribution in [0.4, 0.5) is 0 Å². The van der Waals surface area contributed by atoms with Gasteiger partial charge in [0, 0.05) is 24.6 Å². The van der Waals surface area contributed by atoms with Crippen molar-refractivity contribution in [1.29, 1.82) is 0 Å². The van der Waals surface area contributed by atoms with Crippen LogP contribution >= 0.6 is 0 Å². The van der Waals surface area contributed by atoms with Crippen molar-refractivity contribution in [3.8, 4) is 5.75 Å². The van der Waals surface area contributed by atoms with Gasteiger partial charge in [-0.3, -0.25) is 14.8 Å². The van der Waals surface area contributed by atoms with Crippen LogP contribution in [0.3, 0.4) is 0 Å². The van der Waals surface area contributed by atoms with Gasteiger partial charge in [0.2, 0.25) is 0 Å². The van der Waals surface area contributed by atoms with E-state index in [0.29, 0.717) is 17.4 Å². The Kier molecular flexibility index (Phi) is 5.77. The van der Waals surface area contributed by atoms with Gasteiger partial charge in [0.15, 0.2) is 0 Å². The zero-order valence-electron chi connectivity index (χ0n) is 21.7. The number of amides is 1. The summed E-state index contributed by atoms with van der Waals surface area (Å²) in [4.78, 5) is 21.3. The van der Waals surface area contributed by atoms with E-state index in [2.05, 4.69) is 47.4 Å². The lowest BCUT2D eigenvalue weighted by Crippen LogP contribution is -2.51. The van der Waals surface area contributed by atoms with Crippen LogP contribution in [0.5, 0.6) is 5.75 Å². The molecule has 188 valence electrons. The van der Waals surface area contributed by atoms with Gasteiger partial charge in [-0.05, 0) is 103 Å². The number of nitrogens with zero attached hydrogens (tertiary/aromatic N) is 2. The van der Waals surface area contributed by atoms with E-state index in [4.69, 9.17) is 4.74 Å². The summed E-state index contributed by atoms with van der Waals surface area (Å²) in [5.41, 5.74) is 5.37. The standard InChI is InChI=1S/C31H37N3O2/c1-30-12-10-23(34-29(35)20-5-4-14-32-17-20)16-22(30)6-7-25-27-9-8-26(31(27,2)13-11-28(25)30)21-15-24(36-3)19-33-18-21/h4-6,8,14-15,17-19,23,25,27-28H,7,9-13,16H2,1-3H3,(H,34,35)/t23-,25-,27-,28-,30-,31+/m0/s1. The van der Waals surface area contributed by atoms with Gasteiger partial charge >= 0.3 is 0 Å². The minimum Gasteiger partial charge on any atom is -0.495 e. The summed E-state index contributed by atoms with van der Waals surface area (Å²) in [5.74, 6) is 2.94. The fraction of sp³-hybridized carbons (Fsp3) is 0.516. The number of carbonyl (C=O) groups excluding carboxylic acids is 1. The number of hydrogen-bond donors (Lipinski definition) is 1. The molecule has 2 aromatic rings. The number of pyridine rings is 2. The minimum absolute atomic E-state index is 0.00369. The Bertz CT molecular complexity index is 1220. The van der Waals surface area contributed by atoms with Gasteiger partial charge in [-0.1, -0.05) is 31.6 Å². The van der Waals surface area contributed by atoms with Crippen LogP contribution in [-0.2, 0) is 0 Å². The second-order valence-corrected chi connectivity index (χ2v) is 11.8. The summed E-state index contributed by atoms with van der Waals surface area (Å²) in [7, 11) is 1.71. The maximum atomic E-state index is 12.7. The summed E-state index contributed by atoms with van der Waals surface area (Å²) in [5, 5.41) is 3.29. The lowest BCUT2D eigenvalue weighted by molar-refractivity contribution is -0.0123. The zero-order chi connectivity index (χ0) is 24.9. The lowest BCUT2D eigenvalue weighted by atomic mass is 9.47.